The number of nitrogens with zero attached hydrogens (tertiary/aromatic N) is 1. The molecular formula is C14H18N2O. The van der Waals surface area contributed by atoms with Crippen molar-refractivity contribution in [3.63, 3.8) is 0 Å². The first-order valence-corrected chi connectivity index (χ1v) is 6.17. The van der Waals surface area contributed by atoms with E-state index in [4.69, 9.17) is 10.00 Å². The molecule has 0 radical (unpaired) electrons. The van der Waals surface area contributed by atoms with E-state index in [0.717, 1.165) is 25.1 Å². The molecule has 0 aromatic heterocycles. The van der Waals surface area contributed by atoms with Gasteiger partial charge in [-0.05, 0) is 43.5 Å². The van der Waals surface area contributed by atoms with Crippen molar-refractivity contribution in [1.29, 1.82) is 5.26 Å². The zero-order valence-corrected chi connectivity index (χ0v) is 10.4. The average molecular weight is 230 g/mol. The number of rotatable bonds is 4. The number of hydrogen-bond acceptors (Lipinski definition) is 3. The molecule has 0 aliphatic heterocycles. The van der Waals surface area contributed by atoms with Gasteiger partial charge in [-0.3, -0.25) is 0 Å². The van der Waals surface area contributed by atoms with Crippen LogP contribution in [0.4, 0.5) is 0 Å². The molecular weight excluding hydrogens is 212 g/mol. The second-order valence-corrected chi connectivity index (χ2v) is 4.36. The molecule has 3 heteroatoms. The first kappa shape index (κ1) is 11.9. The zero-order valence-electron chi connectivity index (χ0n) is 10.4. The van der Waals surface area contributed by atoms with Crippen LogP contribution < -0.4 is 10.1 Å². The summed E-state index contributed by atoms with van der Waals surface area (Å²) in [6, 6.07) is 8.66. The normalized spacial score (nSPS) is 19.5. The molecule has 1 aliphatic carbocycles. The summed E-state index contributed by atoms with van der Waals surface area (Å²) in [7, 11) is 0. The Morgan fingerprint density at radius 2 is 2.41 bits per heavy atom. The Kier molecular flexibility index (Phi) is 3.65. The van der Waals surface area contributed by atoms with Gasteiger partial charge in [0.2, 0.25) is 0 Å². The highest BCUT2D eigenvalue weighted by Gasteiger charge is 2.24. The van der Waals surface area contributed by atoms with Gasteiger partial charge >= 0.3 is 0 Å². The van der Waals surface area contributed by atoms with Gasteiger partial charge in [-0.25, -0.2) is 0 Å². The van der Waals surface area contributed by atoms with Gasteiger partial charge in [0, 0.05) is 6.04 Å². The predicted octanol–water partition coefficient (Wildman–Crippen LogP) is 2.57. The van der Waals surface area contributed by atoms with Crippen LogP contribution in [-0.2, 0) is 6.42 Å². The van der Waals surface area contributed by atoms with Crippen LogP contribution in [0.3, 0.4) is 0 Å². The molecule has 2 atom stereocenters. The van der Waals surface area contributed by atoms with Gasteiger partial charge in [-0.15, -0.1) is 0 Å². The molecule has 0 saturated carbocycles. The number of ether oxygens (including phenoxy) is 1. The van der Waals surface area contributed by atoms with Crippen molar-refractivity contribution in [3.8, 4) is 11.8 Å². The summed E-state index contributed by atoms with van der Waals surface area (Å²) in [6.07, 6.45) is 1.76. The maximum Gasteiger partial charge on any atom is 0.181 e. The molecule has 1 aromatic carbocycles. The van der Waals surface area contributed by atoms with Gasteiger partial charge in [0.15, 0.2) is 6.10 Å². The van der Waals surface area contributed by atoms with Crippen molar-refractivity contribution in [2.24, 2.45) is 0 Å². The number of fused-ring (bicyclic) bond motifs is 1. The Bertz CT molecular complexity index is 436. The Labute approximate surface area is 102 Å². The molecule has 90 valence electrons. The van der Waals surface area contributed by atoms with E-state index in [1.54, 1.807) is 6.92 Å². The Morgan fingerprint density at radius 1 is 1.59 bits per heavy atom. The van der Waals surface area contributed by atoms with Gasteiger partial charge in [0.1, 0.15) is 11.8 Å². The molecule has 0 bridgehead atoms. The van der Waals surface area contributed by atoms with Gasteiger partial charge in [-0.2, -0.15) is 5.26 Å². The molecule has 2 unspecified atom stereocenters. The van der Waals surface area contributed by atoms with Gasteiger partial charge < -0.3 is 10.1 Å². The van der Waals surface area contributed by atoms with E-state index in [9.17, 15) is 0 Å². The van der Waals surface area contributed by atoms with Crippen molar-refractivity contribution >= 4 is 0 Å². The highest BCUT2D eigenvalue weighted by Crippen LogP contribution is 2.37. The van der Waals surface area contributed by atoms with E-state index < -0.39 is 0 Å². The minimum absolute atomic E-state index is 0.389. The van der Waals surface area contributed by atoms with E-state index in [1.165, 1.54) is 11.1 Å². The third-order valence-electron chi connectivity index (χ3n) is 3.16. The number of nitrogens with one attached hydrogen (secondary N) is 1. The predicted molar refractivity (Wildman–Crippen MR) is 66.9 cm³/mol. The third-order valence-corrected chi connectivity index (χ3v) is 3.16. The molecule has 3 nitrogen and oxygen atoms in total. The molecule has 1 N–H and O–H groups in total. The summed E-state index contributed by atoms with van der Waals surface area (Å²) < 4.78 is 5.64. The number of hydrogen-bond donors (Lipinski definition) is 1. The van der Waals surface area contributed by atoms with E-state index in [-0.39, 0.29) is 6.10 Å². The van der Waals surface area contributed by atoms with Crippen LogP contribution in [0.1, 0.15) is 37.4 Å². The van der Waals surface area contributed by atoms with Crippen LogP contribution in [0, 0.1) is 11.3 Å². The lowest BCUT2D eigenvalue weighted by atomic mass is 10.1. The van der Waals surface area contributed by atoms with E-state index in [2.05, 4.69) is 24.4 Å². The first-order chi connectivity index (χ1) is 8.26. The molecule has 0 fully saturated rings. The van der Waals surface area contributed by atoms with Crippen LogP contribution in [0.15, 0.2) is 18.2 Å². The number of nitriles is 1. The summed E-state index contributed by atoms with van der Waals surface area (Å²) in [5, 5.41) is 12.3. The molecule has 0 heterocycles. The standard InChI is InChI=1S/C14H18N2O/c1-3-16-13-8-7-12-11(13)5-4-6-14(12)17-10(2)9-15/h4-6,10,13,16H,3,7-8H2,1-2H3. The average Bonchev–Trinajstić information content (AvgIpc) is 2.74. The second kappa shape index (κ2) is 5.20. The number of benzene rings is 1. The van der Waals surface area contributed by atoms with Crippen molar-refractivity contribution in [1.82, 2.24) is 5.32 Å². The third kappa shape index (κ3) is 2.42. The fourth-order valence-corrected chi connectivity index (χ4v) is 2.41. The first-order valence-electron chi connectivity index (χ1n) is 6.17. The molecule has 2 rings (SSSR count). The molecule has 0 saturated heterocycles. The summed E-state index contributed by atoms with van der Waals surface area (Å²) in [6.45, 7) is 4.87. The zero-order chi connectivity index (χ0) is 12.3. The fraction of sp³-hybridized carbons (Fsp3) is 0.500. The van der Waals surface area contributed by atoms with Crippen LogP contribution >= 0.6 is 0 Å². The SMILES string of the molecule is CCNC1CCc2c(OC(C)C#N)cccc21. The van der Waals surface area contributed by atoms with Crippen molar-refractivity contribution in [2.45, 2.75) is 38.8 Å². The Balaban J connectivity index is 2.24. The van der Waals surface area contributed by atoms with Crippen LogP contribution in [0.5, 0.6) is 5.75 Å². The van der Waals surface area contributed by atoms with E-state index >= 15 is 0 Å². The van der Waals surface area contributed by atoms with Crippen molar-refractivity contribution in [3.05, 3.63) is 29.3 Å². The van der Waals surface area contributed by atoms with Crippen LogP contribution in [0.25, 0.3) is 0 Å². The summed E-state index contributed by atoms with van der Waals surface area (Å²) in [5.41, 5.74) is 2.59. The monoisotopic (exact) mass is 230 g/mol. The molecule has 1 aromatic rings. The molecule has 0 amide bonds. The minimum atomic E-state index is -0.389. The quantitative estimate of drug-likeness (QED) is 0.864. The Hall–Kier alpha value is -1.53. The smallest absolute Gasteiger partial charge is 0.181 e. The fourth-order valence-electron chi connectivity index (χ4n) is 2.41. The second-order valence-electron chi connectivity index (χ2n) is 4.36. The molecule has 1 aliphatic rings. The summed E-state index contributed by atoms with van der Waals surface area (Å²) in [5.74, 6) is 0.872. The summed E-state index contributed by atoms with van der Waals surface area (Å²) >= 11 is 0. The lowest BCUT2D eigenvalue weighted by Gasteiger charge is -2.14. The lowest BCUT2D eigenvalue weighted by molar-refractivity contribution is 0.274. The highest BCUT2D eigenvalue weighted by molar-refractivity contribution is 5.45. The maximum absolute atomic E-state index is 8.79. The Morgan fingerprint density at radius 3 is 3.12 bits per heavy atom. The van der Waals surface area contributed by atoms with Gasteiger partial charge in [-0.1, -0.05) is 19.1 Å². The summed E-state index contributed by atoms with van der Waals surface area (Å²) in [4.78, 5) is 0. The highest BCUT2D eigenvalue weighted by atomic mass is 16.5. The maximum atomic E-state index is 8.79. The van der Waals surface area contributed by atoms with Crippen LogP contribution in [0.2, 0.25) is 0 Å². The van der Waals surface area contributed by atoms with Crippen LogP contribution in [-0.4, -0.2) is 12.6 Å². The lowest BCUT2D eigenvalue weighted by Crippen LogP contribution is -2.18. The van der Waals surface area contributed by atoms with Crippen molar-refractivity contribution < 1.29 is 4.74 Å². The topological polar surface area (TPSA) is 45.0 Å². The molecule has 17 heavy (non-hydrogen) atoms. The van der Waals surface area contributed by atoms with Gasteiger partial charge in [0.05, 0.1) is 0 Å². The molecule has 0 spiro atoms. The van der Waals surface area contributed by atoms with E-state index in [0.29, 0.717) is 6.04 Å². The largest absolute Gasteiger partial charge is 0.476 e. The minimum Gasteiger partial charge on any atom is -0.476 e. The van der Waals surface area contributed by atoms with Crippen molar-refractivity contribution in [2.75, 3.05) is 6.54 Å². The van der Waals surface area contributed by atoms with Gasteiger partial charge in [0.25, 0.3) is 0 Å². The van der Waals surface area contributed by atoms with E-state index in [1.807, 2.05) is 12.1 Å².